The van der Waals surface area contributed by atoms with Crippen LogP contribution in [0.15, 0.2) is 60.9 Å². The number of para-hydroxylation sites is 1. The van der Waals surface area contributed by atoms with E-state index in [4.69, 9.17) is 0 Å². The maximum Gasteiger partial charge on any atom is 0.418 e. The lowest BCUT2D eigenvalue weighted by atomic mass is 10.1. The topological polar surface area (TPSA) is 45.2 Å². The van der Waals surface area contributed by atoms with Crippen molar-refractivity contribution in [3.63, 3.8) is 0 Å². The van der Waals surface area contributed by atoms with Crippen LogP contribution in [0.3, 0.4) is 0 Å². The Hall–Kier alpha value is -3.49. The van der Waals surface area contributed by atoms with Crippen LogP contribution in [0, 0.1) is 11.6 Å². The van der Waals surface area contributed by atoms with E-state index in [1.165, 1.54) is 54.4 Å². The average molecular weight is 407 g/mol. The third-order valence-electron chi connectivity index (χ3n) is 4.16. The highest BCUT2D eigenvalue weighted by Crippen LogP contribution is 2.38. The Bertz CT molecular complexity index is 1010. The third kappa shape index (κ3) is 4.34. The van der Waals surface area contributed by atoms with Crippen molar-refractivity contribution in [3.8, 4) is 0 Å². The molecular formula is C20H14F5N3O. The first-order chi connectivity index (χ1) is 13.7. The molecule has 2 aromatic carbocycles. The highest BCUT2D eigenvalue weighted by atomic mass is 19.4. The first-order valence-electron chi connectivity index (χ1n) is 8.29. The molecule has 1 aromatic heterocycles. The first-order valence-corrected chi connectivity index (χ1v) is 8.29. The van der Waals surface area contributed by atoms with E-state index in [0.29, 0.717) is 18.1 Å². The van der Waals surface area contributed by atoms with E-state index in [-0.39, 0.29) is 11.4 Å². The number of alkyl halides is 3. The molecule has 0 saturated heterocycles. The van der Waals surface area contributed by atoms with Gasteiger partial charge in [0.1, 0.15) is 5.56 Å². The fourth-order valence-electron chi connectivity index (χ4n) is 2.74. The molecule has 9 heteroatoms. The molecule has 29 heavy (non-hydrogen) atoms. The number of carbonyl (C=O) groups excluding carboxylic acids is 1. The molecule has 3 aromatic rings. The van der Waals surface area contributed by atoms with Crippen molar-refractivity contribution in [2.24, 2.45) is 0 Å². The minimum absolute atomic E-state index is 0.0438. The van der Waals surface area contributed by atoms with Crippen molar-refractivity contribution in [3.05, 3.63) is 83.7 Å². The summed E-state index contributed by atoms with van der Waals surface area (Å²) in [5, 5.41) is 2.34. The lowest BCUT2D eigenvalue weighted by Crippen LogP contribution is -2.17. The fourth-order valence-corrected chi connectivity index (χ4v) is 2.74. The van der Waals surface area contributed by atoms with E-state index in [1.807, 2.05) is 0 Å². The molecule has 150 valence electrons. The number of halogens is 5. The molecule has 0 aliphatic rings. The molecule has 0 aliphatic carbocycles. The fraction of sp³-hybridized carbons (Fsp3) is 0.100. The van der Waals surface area contributed by atoms with Crippen molar-refractivity contribution in [2.45, 2.75) is 6.18 Å². The van der Waals surface area contributed by atoms with Gasteiger partial charge in [0.05, 0.1) is 23.6 Å². The Morgan fingerprint density at radius 1 is 0.966 bits per heavy atom. The van der Waals surface area contributed by atoms with Gasteiger partial charge >= 0.3 is 6.18 Å². The van der Waals surface area contributed by atoms with Crippen LogP contribution in [0.2, 0.25) is 0 Å². The van der Waals surface area contributed by atoms with Gasteiger partial charge in [0.15, 0.2) is 11.6 Å². The largest absolute Gasteiger partial charge is 0.418 e. The standard InChI is InChI=1S/C20H14F5N3O/c1-28(17-5-3-2-4-14(17)20(23,24)25)13-8-6-12(7-9-13)27-19(29)18-15(21)10-26-11-16(18)22/h2-11H,1H3,(H,27,29). The highest BCUT2D eigenvalue weighted by Gasteiger charge is 2.34. The lowest BCUT2D eigenvalue weighted by Gasteiger charge is -2.23. The van der Waals surface area contributed by atoms with Gasteiger partial charge in [0, 0.05) is 18.4 Å². The van der Waals surface area contributed by atoms with Crippen LogP contribution < -0.4 is 10.2 Å². The van der Waals surface area contributed by atoms with Gasteiger partial charge < -0.3 is 10.2 Å². The van der Waals surface area contributed by atoms with Gasteiger partial charge in [-0.1, -0.05) is 12.1 Å². The number of aromatic nitrogens is 1. The maximum absolute atomic E-state index is 13.6. The Morgan fingerprint density at radius 3 is 2.14 bits per heavy atom. The van der Waals surface area contributed by atoms with Gasteiger partial charge in [-0.25, -0.2) is 8.78 Å². The number of pyridine rings is 1. The number of nitrogens with zero attached hydrogens (tertiary/aromatic N) is 2. The first kappa shape index (κ1) is 20.2. The predicted octanol–water partition coefficient (Wildman–Crippen LogP) is 5.40. The van der Waals surface area contributed by atoms with Crippen LogP contribution in [0.5, 0.6) is 0 Å². The lowest BCUT2D eigenvalue weighted by molar-refractivity contribution is -0.137. The maximum atomic E-state index is 13.6. The molecule has 1 N–H and O–H groups in total. The second kappa shape index (κ2) is 7.86. The van der Waals surface area contributed by atoms with E-state index in [0.717, 1.165) is 6.07 Å². The van der Waals surface area contributed by atoms with E-state index in [9.17, 15) is 26.7 Å². The zero-order chi connectivity index (χ0) is 21.2. The normalized spacial score (nSPS) is 11.2. The van der Waals surface area contributed by atoms with Crippen molar-refractivity contribution in [2.75, 3.05) is 17.3 Å². The Labute approximate surface area is 162 Å². The number of benzene rings is 2. The van der Waals surface area contributed by atoms with Crippen LogP contribution in [0.4, 0.5) is 39.0 Å². The van der Waals surface area contributed by atoms with Gasteiger partial charge in [-0.15, -0.1) is 0 Å². The number of rotatable bonds is 4. The van der Waals surface area contributed by atoms with Crippen molar-refractivity contribution in [1.82, 2.24) is 4.98 Å². The molecular weight excluding hydrogens is 393 g/mol. The van der Waals surface area contributed by atoms with Crippen LogP contribution in [0.1, 0.15) is 15.9 Å². The average Bonchev–Trinajstić information content (AvgIpc) is 2.67. The van der Waals surface area contributed by atoms with Crippen LogP contribution in [-0.2, 0) is 6.18 Å². The minimum atomic E-state index is -4.52. The molecule has 0 bridgehead atoms. The third-order valence-corrected chi connectivity index (χ3v) is 4.16. The van der Waals surface area contributed by atoms with E-state index >= 15 is 0 Å². The van der Waals surface area contributed by atoms with E-state index in [1.54, 1.807) is 0 Å². The zero-order valence-electron chi connectivity index (χ0n) is 15.0. The highest BCUT2D eigenvalue weighted by molar-refractivity contribution is 6.04. The second-order valence-corrected chi connectivity index (χ2v) is 6.05. The van der Waals surface area contributed by atoms with Crippen LogP contribution >= 0.6 is 0 Å². The van der Waals surface area contributed by atoms with Gasteiger partial charge in [0.2, 0.25) is 0 Å². The Balaban J connectivity index is 1.82. The molecule has 1 amide bonds. The Morgan fingerprint density at radius 2 is 1.55 bits per heavy atom. The molecule has 0 saturated carbocycles. The van der Waals surface area contributed by atoms with E-state index < -0.39 is 34.8 Å². The summed E-state index contributed by atoms with van der Waals surface area (Å²) in [7, 11) is 1.47. The second-order valence-electron chi connectivity index (χ2n) is 6.05. The molecule has 3 rings (SSSR count). The molecule has 0 radical (unpaired) electrons. The number of hydrogen-bond donors (Lipinski definition) is 1. The van der Waals surface area contributed by atoms with Gasteiger partial charge in [-0.2, -0.15) is 13.2 Å². The van der Waals surface area contributed by atoms with Crippen LogP contribution in [-0.4, -0.2) is 17.9 Å². The monoisotopic (exact) mass is 407 g/mol. The summed E-state index contributed by atoms with van der Waals surface area (Å²) in [6.45, 7) is 0. The summed E-state index contributed by atoms with van der Waals surface area (Å²) in [5.74, 6) is -3.23. The molecule has 0 fully saturated rings. The number of hydrogen-bond acceptors (Lipinski definition) is 3. The molecule has 0 unspecified atom stereocenters. The number of nitrogens with one attached hydrogen (secondary N) is 1. The van der Waals surface area contributed by atoms with Crippen molar-refractivity contribution in [1.29, 1.82) is 0 Å². The van der Waals surface area contributed by atoms with Gasteiger partial charge in [-0.05, 0) is 36.4 Å². The summed E-state index contributed by atoms with van der Waals surface area (Å²) in [5.41, 5.74) is -0.977. The number of anilines is 3. The van der Waals surface area contributed by atoms with Gasteiger partial charge in [-0.3, -0.25) is 9.78 Å². The zero-order valence-corrected chi connectivity index (χ0v) is 15.0. The quantitative estimate of drug-likeness (QED) is 0.589. The van der Waals surface area contributed by atoms with Crippen molar-refractivity contribution < 1.29 is 26.7 Å². The summed E-state index contributed by atoms with van der Waals surface area (Å²) < 4.78 is 66.9. The van der Waals surface area contributed by atoms with Crippen molar-refractivity contribution >= 4 is 23.0 Å². The van der Waals surface area contributed by atoms with Gasteiger partial charge in [0.25, 0.3) is 5.91 Å². The Kier molecular flexibility index (Phi) is 5.49. The number of carbonyl (C=O) groups is 1. The van der Waals surface area contributed by atoms with E-state index in [2.05, 4.69) is 10.3 Å². The summed E-state index contributed by atoms with van der Waals surface area (Å²) >= 11 is 0. The molecule has 0 aliphatic heterocycles. The SMILES string of the molecule is CN(c1ccc(NC(=O)c2c(F)cncc2F)cc1)c1ccccc1C(F)(F)F. The molecule has 0 atom stereocenters. The summed E-state index contributed by atoms with van der Waals surface area (Å²) in [6.07, 6.45) is -3.08. The number of amides is 1. The smallest absolute Gasteiger partial charge is 0.344 e. The van der Waals surface area contributed by atoms with Crippen LogP contribution in [0.25, 0.3) is 0 Å². The summed E-state index contributed by atoms with van der Waals surface area (Å²) in [6, 6.07) is 10.9. The molecule has 0 spiro atoms. The predicted molar refractivity (Wildman–Crippen MR) is 98.1 cm³/mol. The summed E-state index contributed by atoms with van der Waals surface area (Å²) in [4.78, 5) is 16.7. The minimum Gasteiger partial charge on any atom is -0.344 e. The molecule has 1 heterocycles. The molecule has 4 nitrogen and oxygen atoms in total.